The smallest absolute Gasteiger partial charge is 0.288 e. The van der Waals surface area contributed by atoms with Crippen LogP contribution in [-0.4, -0.2) is 11.9 Å². The molecule has 0 atom stereocenters. The van der Waals surface area contributed by atoms with E-state index >= 15 is 0 Å². The van der Waals surface area contributed by atoms with Gasteiger partial charge >= 0.3 is 0 Å². The number of hydrogen-bond donors (Lipinski definition) is 1. The van der Waals surface area contributed by atoms with E-state index in [0.29, 0.717) is 11.1 Å². The second-order valence-corrected chi connectivity index (χ2v) is 3.25. The Hall–Kier alpha value is -0.960. The highest BCUT2D eigenvalue weighted by molar-refractivity contribution is 6.33. The SMILES string of the molecule is O=C(NC1CC1)c1occc1Cl. The maximum atomic E-state index is 11.3. The molecule has 1 amide bonds. The van der Waals surface area contributed by atoms with Crippen molar-refractivity contribution in [3.8, 4) is 0 Å². The topological polar surface area (TPSA) is 42.2 Å². The molecule has 1 aromatic heterocycles. The van der Waals surface area contributed by atoms with Crippen LogP contribution in [0.3, 0.4) is 0 Å². The second-order valence-electron chi connectivity index (χ2n) is 2.85. The van der Waals surface area contributed by atoms with Crippen molar-refractivity contribution in [3.63, 3.8) is 0 Å². The molecule has 0 radical (unpaired) electrons. The predicted molar refractivity (Wildman–Crippen MR) is 44.2 cm³/mol. The maximum absolute atomic E-state index is 11.3. The van der Waals surface area contributed by atoms with Gasteiger partial charge in [-0.05, 0) is 18.9 Å². The number of furan rings is 1. The Bertz CT molecular complexity index is 304. The monoisotopic (exact) mass is 185 g/mol. The van der Waals surface area contributed by atoms with E-state index in [0.717, 1.165) is 12.8 Å². The molecule has 3 nitrogen and oxygen atoms in total. The minimum absolute atomic E-state index is 0.212. The number of amides is 1. The first-order chi connectivity index (χ1) is 5.77. The lowest BCUT2D eigenvalue weighted by atomic mass is 10.4. The average Bonchev–Trinajstić information content (AvgIpc) is 2.72. The quantitative estimate of drug-likeness (QED) is 0.764. The summed E-state index contributed by atoms with van der Waals surface area (Å²) in [6, 6.07) is 1.89. The fraction of sp³-hybridized carbons (Fsp3) is 0.375. The van der Waals surface area contributed by atoms with E-state index in [1.165, 1.54) is 6.26 Å². The molecule has 1 aliphatic rings. The first-order valence-corrected chi connectivity index (χ1v) is 4.19. The van der Waals surface area contributed by atoms with Crippen molar-refractivity contribution in [2.75, 3.05) is 0 Å². The van der Waals surface area contributed by atoms with E-state index in [-0.39, 0.29) is 11.7 Å². The van der Waals surface area contributed by atoms with E-state index in [9.17, 15) is 4.79 Å². The summed E-state index contributed by atoms with van der Waals surface area (Å²) in [7, 11) is 0. The van der Waals surface area contributed by atoms with Gasteiger partial charge in [-0.25, -0.2) is 0 Å². The summed E-state index contributed by atoms with van der Waals surface area (Å²) in [5.41, 5.74) is 0. The van der Waals surface area contributed by atoms with Crippen molar-refractivity contribution >= 4 is 17.5 Å². The largest absolute Gasteiger partial charge is 0.458 e. The molecule has 1 saturated carbocycles. The molecule has 0 aliphatic heterocycles. The molecule has 0 saturated heterocycles. The van der Waals surface area contributed by atoms with Crippen molar-refractivity contribution in [1.29, 1.82) is 0 Å². The Balaban J connectivity index is 2.07. The molecule has 0 aromatic carbocycles. The fourth-order valence-electron chi connectivity index (χ4n) is 0.934. The van der Waals surface area contributed by atoms with Crippen molar-refractivity contribution in [3.05, 3.63) is 23.1 Å². The van der Waals surface area contributed by atoms with Crippen molar-refractivity contribution < 1.29 is 9.21 Å². The molecule has 0 unspecified atom stereocenters. The van der Waals surface area contributed by atoms with Crippen LogP contribution >= 0.6 is 11.6 Å². The zero-order valence-electron chi connectivity index (χ0n) is 6.34. The van der Waals surface area contributed by atoms with E-state index in [1.54, 1.807) is 6.07 Å². The zero-order chi connectivity index (χ0) is 8.55. The highest BCUT2D eigenvalue weighted by atomic mass is 35.5. The molecule has 4 heteroatoms. The fourth-order valence-corrected chi connectivity index (χ4v) is 1.12. The summed E-state index contributed by atoms with van der Waals surface area (Å²) in [6.07, 6.45) is 3.53. The molecule has 1 aromatic rings. The van der Waals surface area contributed by atoms with Crippen LogP contribution in [0, 0.1) is 0 Å². The number of halogens is 1. The second kappa shape index (κ2) is 2.83. The van der Waals surface area contributed by atoms with Crippen molar-refractivity contribution in [1.82, 2.24) is 5.32 Å². The highest BCUT2D eigenvalue weighted by Crippen LogP contribution is 2.21. The molecular formula is C8H8ClNO2. The highest BCUT2D eigenvalue weighted by Gasteiger charge is 2.25. The van der Waals surface area contributed by atoms with Gasteiger partial charge in [0.2, 0.25) is 5.76 Å². The van der Waals surface area contributed by atoms with Gasteiger partial charge in [-0.1, -0.05) is 11.6 Å². The minimum atomic E-state index is -0.215. The lowest BCUT2D eigenvalue weighted by Gasteiger charge is -1.98. The van der Waals surface area contributed by atoms with Gasteiger partial charge in [0.15, 0.2) is 0 Å². The third-order valence-corrected chi connectivity index (χ3v) is 2.03. The van der Waals surface area contributed by atoms with Gasteiger partial charge < -0.3 is 9.73 Å². The third kappa shape index (κ3) is 1.46. The molecule has 12 heavy (non-hydrogen) atoms. The summed E-state index contributed by atoms with van der Waals surface area (Å²) >= 11 is 5.68. The molecule has 64 valence electrons. The molecule has 1 N–H and O–H groups in total. The first kappa shape index (κ1) is 7.68. The average molecular weight is 186 g/mol. The van der Waals surface area contributed by atoms with Gasteiger partial charge in [-0.15, -0.1) is 0 Å². The predicted octanol–water partition coefficient (Wildman–Crippen LogP) is 1.83. The summed E-state index contributed by atoms with van der Waals surface area (Å²) in [4.78, 5) is 11.3. The van der Waals surface area contributed by atoms with Crippen molar-refractivity contribution in [2.45, 2.75) is 18.9 Å². The molecule has 0 spiro atoms. The normalized spacial score (nSPS) is 16.1. The van der Waals surface area contributed by atoms with E-state index in [4.69, 9.17) is 16.0 Å². The third-order valence-electron chi connectivity index (χ3n) is 1.74. The van der Waals surface area contributed by atoms with E-state index < -0.39 is 0 Å². The zero-order valence-corrected chi connectivity index (χ0v) is 7.10. The van der Waals surface area contributed by atoms with Crippen LogP contribution in [0.2, 0.25) is 5.02 Å². The lowest BCUT2D eigenvalue weighted by molar-refractivity contribution is 0.0923. The Labute approximate surface area is 74.7 Å². The Morgan fingerprint density at radius 3 is 2.92 bits per heavy atom. The molecule has 1 aliphatic carbocycles. The molecule has 1 fully saturated rings. The van der Waals surface area contributed by atoms with Crippen LogP contribution in [-0.2, 0) is 0 Å². The number of hydrogen-bond acceptors (Lipinski definition) is 2. The van der Waals surface area contributed by atoms with Crippen LogP contribution in [0.5, 0.6) is 0 Å². The van der Waals surface area contributed by atoms with Crippen LogP contribution < -0.4 is 5.32 Å². The van der Waals surface area contributed by atoms with Crippen LogP contribution in [0.25, 0.3) is 0 Å². The van der Waals surface area contributed by atoms with Crippen LogP contribution in [0.15, 0.2) is 16.7 Å². The Kier molecular flexibility index (Phi) is 1.81. The van der Waals surface area contributed by atoms with Gasteiger partial charge in [0.25, 0.3) is 5.91 Å². The van der Waals surface area contributed by atoms with Gasteiger partial charge in [0.1, 0.15) is 0 Å². The lowest BCUT2D eigenvalue weighted by Crippen LogP contribution is -2.25. The number of carbonyl (C=O) groups excluding carboxylic acids is 1. The summed E-state index contributed by atoms with van der Waals surface area (Å²) in [5, 5.41) is 3.15. The summed E-state index contributed by atoms with van der Waals surface area (Å²) < 4.78 is 4.91. The van der Waals surface area contributed by atoms with Gasteiger partial charge in [-0.2, -0.15) is 0 Å². The molecule has 0 bridgehead atoms. The minimum Gasteiger partial charge on any atom is -0.458 e. The molecular weight excluding hydrogens is 178 g/mol. The van der Waals surface area contributed by atoms with E-state index in [2.05, 4.69) is 5.32 Å². The van der Waals surface area contributed by atoms with Gasteiger partial charge in [0.05, 0.1) is 11.3 Å². The summed E-state index contributed by atoms with van der Waals surface area (Å²) in [6.45, 7) is 0. The molecule has 1 heterocycles. The first-order valence-electron chi connectivity index (χ1n) is 3.81. The van der Waals surface area contributed by atoms with Crippen molar-refractivity contribution in [2.24, 2.45) is 0 Å². The number of rotatable bonds is 2. The van der Waals surface area contributed by atoms with E-state index in [1.807, 2.05) is 0 Å². The standard InChI is InChI=1S/C8H8ClNO2/c9-6-3-4-12-7(6)8(11)10-5-1-2-5/h3-5H,1-2H2,(H,10,11). The van der Waals surface area contributed by atoms with Gasteiger partial charge in [-0.3, -0.25) is 4.79 Å². The van der Waals surface area contributed by atoms with Crippen LogP contribution in [0.1, 0.15) is 23.4 Å². The number of carbonyl (C=O) groups is 1. The molecule has 2 rings (SSSR count). The van der Waals surface area contributed by atoms with Gasteiger partial charge in [0, 0.05) is 6.04 Å². The van der Waals surface area contributed by atoms with Crippen LogP contribution in [0.4, 0.5) is 0 Å². The Morgan fingerprint density at radius 2 is 2.42 bits per heavy atom. The maximum Gasteiger partial charge on any atom is 0.288 e. The number of nitrogens with one attached hydrogen (secondary N) is 1. The Morgan fingerprint density at radius 1 is 1.67 bits per heavy atom. The summed E-state index contributed by atoms with van der Waals surface area (Å²) in [5.74, 6) is -0.00364.